The number of esters is 1. The minimum atomic E-state index is -4.58. The lowest BCUT2D eigenvalue weighted by Gasteiger charge is -2.08. The lowest BCUT2D eigenvalue weighted by molar-refractivity contribution is -0.137. The van der Waals surface area contributed by atoms with E-state index in [4.69, 9.17) is 23.2 Å². The van der Waals surface area contributed by atoms with Crippen molar-refractivity contribution in [3.05, 3.63) is 32.9 Å². The molecule has 0 unspecified atom stereocenters. The third-order valence-electron chi connectivity index (χ3n) is 2.87. The van der Waals surface area contributed by atoms with Gasteiger partial charge in [-0.25, -0.2) is 9.78 Å². The molecule has 3 heterocycles. The van der Waals surface area contributed by atoms with Gasteiger partial charge in [0.15, 0.2) is 20.0 Å². The smallest absolute Gasteiger partial charge is 0.417 e. The average molecular weight is 429 g/mol. The quantitative estimate of drug-likeness (QED) is 0.574. The second kappa shape index (κ2) is 6.63. The number of thiazole rings is 1. The second-order valence-electron chi connectivity index (χ2n) is 4.44. The van der Waals surface area contributed by atoms with E-state index >= 15 is 0 Å². The fourth-order valence-electron chi connectivity index (χ4n) is 1.78. The highest BCUT2D eigenvalue weighted by atomic mass is 35.5. The van der Waals surface area contributed by atoms with Crippen LogP contribution in [0.3, 0.4) is 0 Å². The highest BCUT2D eigenvalue weighted by molar-refractivity contribution is 8.00. The van der Waals surface area contributed by atoms with Crippen molar-refractivity contribution in [1.29, 1.82) is 0 Å². The van der Waals surface area contributed by atoms with Crippen LogP contribution >= 0.6 is 46.3 Å². The molecule has 0 atom stereocenters. The van der Waals surface area contributed by atoms with Crippen LogP contribution in [0.25, 0.3) is 5.65 Å². The van der Waals surface area contributed by atoms with Gasteiger partial charge in [-0.3, -0.25) is 4.40 Å². The number of pyridine rings is 1. The Hall–Kier alpha value is -1.56. The molecular weight excluding hydrogens is 424 g/mol. The molecule has 0 amide bonds. The van der Waals surface area contributed by atoms with Gasteiger partial charge >= 0.3 is 12.1 Å². The second-order valence-corrected chi connectivity index (χ2v) is 7.42. The Morgan fingerprint density at radius 2 is 2.08 bits per heavy atom. The number of fused-ring (bicyclic) bond motifs is 1. The molecule has 25 heavy (non-hydrogen) atoms. The van der Waals surface area contributed by atoms with Gasteiger partial charge in [-0.05, 0) is 17.8 Å². The average Bonchev–Trinajstić information content (AvgIpc) is 3.10. The predicted octanol–water partition coefficient (Wildman–Crippen LogP) is 4.45. The number of carbonyl (C=O) groups is 1. The lowest BCUT2D eigenvalue weighted by atomic mass is 10.3. The van der Waals surface area contributed by atoms with E-state index in [1.807, 2.05) is 0 Å². The van der Waals surface area contributed by atoms with Crippen LogP contribution in [0.1, 0.15) is 15.2 Å². The summed E-state index contributed by atoms with van der Waals surface area (Å²) in [5, 5.41) is 7.40. The Balaban J connectivity index is 2.02. The van der Waals surface area contributed by atoms with Crippen molar-refractivity contribution in [1.82, 2.24) is 19.6 Å². The molecule has 0 bridgehead atoms. The molecule has 0 aliphatic carbocycles. The molecule has 13 heteroatoms. The lowest BCUT2D eigenvalue weighted by Crippen LogP contribution is -2.07. The molecule has 0 aliphatic rings. The van der Waals surface area contributed by atoms with Gasteiger partial charge in [0.1, 0.15) is 0 Å². The Kier molecular flexibility index (Phi) is 4.84. The number of hydrogen-bond donors (Lipinski definition) is 0. The molecule has 0 aliphatic heterocycles. The number of alkyl halides is 3. The van der Waals surface area contributed by atoms with Crippen molar-refractivity contribution in [2.45, 2.75) is 15.7 Å². The largest absolute Gasteiger partial charge is 0.465 e. The first-order valence-corrected chi connectivity index (χ1v) is 8.63. The fraction of sp³-hybridized carbons (Fsp3) is 0.167. The first-order chi connectivity index (χ1) is 11.7. The third kappa shape index (κ3) is 3.54. The van der Waals surface area contributed by atoms with E-state index in [-0.39, 0.29) is 30.2 Å². The molecule has 0 N–H and O–H groups in total. The molecule has 0 fully saturated rings. The normalized spacial score (nSPS) is 11.9. The highest BCUT2D eigenvalue weighted by Gasteiger charge is 2.32. The minimum Gasteiger partial charge on any atom is -0.465 e. The first kappa shape index (κ1) is 18.2. The SMILES string of the molecule is COC(=O)c1sc(Sc2nnc3c(Cl)cc(C(F)(F)F)cn23)nc1Cl. The van der Waals surface area contributed by atoms with Crippen molar-refractivity contribution in [2.75, 3.05) is 7.11 Å². The maximum atomic E-state index is 12.9. The van der Waals surface area contributed by atoms with Crippen LogP contribution in [0.15, 0.2) is 21.8 Å². The molecule has 6 nitrogen and oxygen atoms in total. The monoisotopic (exact) mass is 428 g/mol. The number of carbonyl (C=O) groups excluding carboxylic acids is 1. The maximum Gasteiger partial charge on any atom is 0.417 e. The van der Waals surface area contributed by atoms with Gasteiger partial charge in [-0.15, -0.1) is 10.2 Å². The summed E-state index contributed by atoms with van der Waals surface area (Å²) in [5.41, 5.74) is -0.882. The summed E-state index contributed by atoms with van der Waals surface area (Å²) in [7, 11) is 1.19. The minimum absolute atomic E-state index is 0.0630. The Labute approximate surface area is 155 Å². The number of methoxy groups -OCH3 is 1. The summed E-state index contributed by atoms with van der Waals surface area (Å²) in [5.74, 6) is -0.664. The van der Waals surface area contributed by atoms with Crippen molar-refractivity contribution in [3.8, 4) is 0 Å². The van der Waals surface area contributed by atoms with Gasteiger partial charge in [-0.1, -0.05) is 34.5 Å². The van der Waals surface area contributed by atoms with E-state index in [2.05, 4.69) is 19.9 Å². The van der Waals surface area contributed by atoms with Crippen LogP contribution in [-0.4, -0.2) is 32.7 Å². The Morgan fingerprint density at radius 1 is 1.36 bits per heavy atom. The summed E-state index contributed by atoms with van der Waals surface area (Å²) in [6.45, 7) is 0. The molecule has 0 radical (unpaired) electrons. The molecule has 0 aromatic carbocycles. The van der Waals surface area contributed by atoms with E-state index in [1.54, 1.807) is 0 Å². The van der Waals surface area contributed by atoms with Gasteiger partial charge in [-0.2, -0.15) is 13.2 Å². The number of ether oxygens (including phenoxy) is 1. The van der Waals surface area contributed by atoms with E-state index in [9.17, 15) is 18.0 Å². The molecule has 3 rings (SSSR count). The highest BCUT2D eigenvalue weighted by Crippen LogP contribution is 2.37. The van der Waals surface area contributed by atoms with E-state index in [1.165, 1.54) is 7.11 Å². The molecule has 132 valence electrons. The van der Waals surface area contributed by atoms with E-state index < -0.39 is 17.7 Å². The molecule has 3 aromatic heterocycles. The van der Waals surface area contributed by atoms with Crippen molar-refractivity contribution in [2.24, 2.45) is 0 Å². The maximum absolute atomic E-state index is 12.9. The number of nitrogens with zero attached hydrogens (tertiary/aromatic N) is 4. The van der Waals surface area contributed by atoms with Gasteiger partial charge < -0.3 is 4.74 Å². The zero-order valence-corrected chi connectivity index (χ0v) is 15.1. The first-order valence-electron chi connectivity index (χ1n) is 6.24. The van der Waals surface area contributed by atoms with Gasteiger partial charge in [0.05, 0.1) is 17.7 Å². The molecule has 3 aromatic rings. The summed E-state index contributed by atoms with van der Waals surface area (Å²) in [6, 6.07) is 0.773. The topological polar surface area (TPSA) is 69.4 Å². The predicted molar refractivity (Wildman–Crippen MR) is 85.6 cm³/mol. The number of halogens is 5. The molecular formula is C12H5Cl2F3N4O2S2. The van der Waals surface area contributed by atoms with Gasteiger partial charge in [0.2, 0.25) is 5.16 Å². The van der Waals surface area contributed by atoms with Crippen LogP contribution in [0.2, 0.25) is 10.2 Å². The van der Waals surface area contributed by atoms with Crippen LogP contribution in [-0.2, 0) is 10.9 Å². The van der Waals surface area contributed by atoms with Crippen LogP contribution < -0.4 is 0 Å². The number of hydrogen-bond acceptors (Lipinski definition) is 7. The van der Waals surface area contributed by atoms with Crippen molar-refractivity contribution in [3.63, 3.8) is 0 Å². The van der Waals surface area contributed by atoms with E-state index in [0.29, 0.717) is 0 Å². The van der Waals surface area contributed by atoms with Crippen molar-refractivity contribution < 1.29 is 22.7 Å². The standard InChI is InChI=1S/C12H5Cl2F3N4O2S2/c1-23-9(22)6-7(14)18-11(24-6)25-10-20-19-8-5(13)2-4(3-21(8)10)12(15,16)17/h2-3H,1H3. The molecule has 0 spiro atoms. The number of aromatic nitrogens is 4. The van der Waals surface area contributed by atoms with E-state index in [0.717, 1.165) is 39.8 Å². The van der Waals surface area contributed by atoms with Crippen LogP contribution in [0.4, 0.5) is 13.2 Å². The number of rotatable bonds is 3. The zero-order chi connectivity index (χ0) is 18.4. The summed E-state index contributed by atoms with van der Waals surface area (Å²) >= 11 is 13.5. The summed E-state index contributed by atoms with van der Waals surface area (Å²) in [6.07, 6.45) is -3.74. The zero-order valence-electron chi connectivity index (χ0n) is 12.0. The summed E-state index contributed by atoms with van der Waals surface area (Å²) in [4.78, 5) is 15.6. The third-order valence-corrected chi connectivity index (χ3v) is 5.59. The Bertz CT molecular complexity index is 973. The van der Waals surface area contributed by atoms with Gasteiger partial charge in [0, 0.05) is 6.20 Å². The van der Waals surface area contributed by atoms with Gasteiger partial charge in [0.25, 0.3) is 0 Å². The summed E-state index contributed by atoms with van der Waals surface area (Å²) < 4.78 is 44.8. The fourth-order valence-corrected chi connectivity index (χ4v) is 4.27. The van der Waals surface area contributed by atoms with Crippen molar-refractivity contribution >= 4 is 57.9 Å². The Morgan fingerprint density at radius 3 is 2.72 bits per heavy atom. The molecule has 0 saturated heterocycles. The molecule has 0 saturated carbocycles. The van der Waals surface area contributed by atoms with Crippen LogP contribution in [0.5, 0.6) is 0 Å². The van der Waals surface area contributed by atoms with Crippen LogP contribution in [0, 0.1) is 0 Å².